The van der Waals surface area contributed by atoms with Gasteiger partial charge in [0.15, 0.2) is 11.6 Å². The van der Waals surface area contributed by atoms with E-state index in [-0.39, 0.29) is 16.7 Å². The Kier molecular flexibility index (Phi) is 3.57. The molecule has 0 saturated carbocycles. The van der Waals surface area contributed by atoms with Crippen molar-refractivity contribution in [3.63, 3.8) is 0 Å². The molecule has 1 aromatic carbocycles. The van der Waals surface area contributed by atoms with Gasteiger partial charge in [-0.2, -0.15) is 4.39 Å². The highest BCUT2D eigenvalue weighted by Gasteiger charge is 2.14. The summed E-state index contributed by atoms with van der Waals surface area (Å²) in [6.07, 6.45) is 0. The molecule has 0 amide bonds. The van der Waals surface area contributed by atoms with Gasteiger partial charge in [0.25, 0.3) is 5.69 Å². The third-order valence-corrected chi connectivity index (χ3v) is 2.29. The summed E-state index contributed by atoms with van der Waals surface area (Å²) in [7, 11) is 0. The average Bonchev–Trinajstić information content (AvgIpc) is 2.34. The Morgan fingerprint density at radius 3 is 2.74 bits per heavy atom. The van der Waals surface area contributed by atoms with E-state index < -0.39 is 22.3 Å². The quantitative estimate of drug-likeness (QED) is 0.490. The third kappa shape index (κ3) is 2.94. The van der Waals surface area contributed by atoms with Gasteiger partial charge in [0, 0.05) is 0 Å². The molecule has 0 N–H and O–H groups in total. The van der Waals surface area contributed by atoms with Crippen LogP contribution in [0.4, 0.5) is 14.5 Å². The van der Waals surface area contributed by atoms with Gasteiger partial charge < -0.3 is 4.74 Å². The highest BCUT2D eigenvalue weighted by molar-refractivity contribution is 6.29. The fraction of sp³-hybridized carbons (Fsp3) is 0. The lowest BCUT2D eigenvalue weighted by molar-refractivity contribution is -0.385. The van der Waals surface area contributed by atoms with E-state index in [9.17, 15) is 18.9 Å². The topological polar surface area (TPSA) is 65.3 Å². The SMILES string of the molecule is O=[N+]([O-])c1cc(Cl)nc(Oc2cccc(F)c2F)c1. The van der Waals surface area contributed by atoms with E-state index in [0.717, 1.165) is 24.3 Å². The molecule has 0 radical (unpaired) electrons. The Labute approximate surface area is 110 Å². The monoisotopic (exact) mass is 286 g/mol. The maximum atomic E-state index is 13.4. The number of hydrogen-bond donors (Lipinski definition) is 0. The Bertz CT molecular complexity index is 652. The molecule has 2 aromatic rings. The molecular weight excluding hydrogens is 282 g/mol. The maximum absolute atomic E-state index is 13.4. The second-order valence-corrected chi connectivity index (χ2v) is 3.78. The Balaban J connectivity index is 2.38. The predicted octanol–water partition coefficient (Wildman–Crippen LogP) is 3.71. The van der Waals surface area contributed by atoms with Gasteiger partial charge in [0.05, 0.1) is 17.1 Å². The molecule has 98 valence electrons. The summed E-state index contributed by atoms with van der Waals surface area (Å²) in [5, 5.41) is 10.4. The summed E-state index contributed by atoms with van der Waals surface area (Å²) >= 11 is 5.57. The summed E-state index contributed by atoms with van der Waals surface area (Å²) in [6.45, 7) is 0. The summed E-state index contributed by atoms with van der Waals surface area (Å²) < 4.78 is 31.3. The molecule has 0 aliphatic carbocycles. The van der Waals surface area contributed by atoms with Gasteiger partial charge in [0.1, 0.15) is 5.15 Å². The highest BCUT2D eigenvalue weighted by Crippen LogP contribution is 2.28. The van der Waals surface area contributed by atoms with E-state index in [1.165, 1.54) is 6.07 Å². The number of hydrogen-bond acceptors (Lipinski definition) is 4. The fourth-order valence-corrected chi connectivity index (χ4v) is 1.49. The molecule has 8 heteroatoms. The van der Waals surface area contributed by atoms with Crippen LogP contribution in [0.3, 0.4) is 0 Å². The Hall–Kier alpha value is -2.28. The molecular formula is C11H5ClF2N2O3. The van der Waals surface area contributed by atoms with Gasteiger partial charge in [-0.05, 0) is 12.1 Å². The number of pyridine rings is 1. The number of halogens is 3. The largest absolute Gasteiger partial charge is 0.436 e. The van der Waals surface area contributed by atoms with Crippen LogP contribution in [-0.4, -0.2) is 9.91 Å². The smallest absolute Gasteiger partial charge is 0.277 e. The number of rotatable bonds is 3. The Morgan fingerprint density at radius 2 is 2.05 bits per heavy atom. The predicted molar refractivity (Wildman–Crippen MR) is 62.3 cm³/mol. The van der Waals surface area contributed by atoms with Crippen molar-refractivity contribution in [1.82, 2.24) is 4.98 Å². The van der Waals surface area contributed by atoms with Crippen LogP contribution in [0.15, 0.2) is 30.3 Å². The van der Waals surface area contributed by atoms with E-state index in [1.54, 1.807) is 0 Å². The van der Waals surface area contributed by atoms with Crippen molar-refractivity contribution < 1.29 is 18.4 Å². The summed E-state index contributed by atoms with van der Waals surface area (Å²) in [5.41, 5.74) is -0.369. The number of ether oxygens (including phenoxy) is 1. The third-order valence-electron chi connectivity index (χ3n) is 2.10. The maximum Gasteiger partial charge on any atom is 0.277 e. The lowest BCUT2D eigenvalue weighted by Gasteiger charge is -2.06. The molecule has 0 atom stereocenters. The lowest BCUT2D eigenvalue weighted by Crippen LogP contribution is -1.95. The minimum atomic E-state index is -1.22. The summed E-state index contributed by atoms with van der Waals surface area (Å²) in [5.74, 6) is -3.06. The molecule has 2 rings (SSSR count). The van der Waals surface area contributed by atoms with Crippen molar-refractivity contribution in [2.45, 2.75) is 0 Å². The van der Waals surface area contributed by atoms with Crippen LogP contribution < -0.4 is 4.74 Å². The number of nitro groups is 1. The normalized spacial score (nSPS) is 10.3. The molecule has 0 saturated heterocycles. The standard InChI is InChI=1S/C11H5ClF2N2O3/c12-9-4-6(16(17)18)5-10(15-9)19-8-3-1-2-7(13)11(8)14/h1-5H. The van der Waals surface area contributed by atoms with E-state index in [0.29, 0.717) is 0 Å². The summed E-state index contributed by atoms with van der Waals surface area (Å²) in [4.78, 5) is 13.5. The lowest BCUT2D eigenvalue weighted by atomic mass is 10.3. The van der Waals surface area contributed by atoms with Crippen LogP contribution in [0.2, 0.25) is 5.15 Å². The van der Waals surface area contributed by atoms with Crippen LogP contribution in [-0.2, 0) is 0 Å². The second kappa shape index (κ2) is 5.15. The van der Waals surface area contributed by atoms with Crippen molar-refractivity contribution >= 4 is 17.3 Å². The molecule has 0 bridgehead atoms. The molecule has 1 aromatic heterocycles. The van der Waals surface area contributed by atoms with Gasteiger partial charge in [-0.15, -0.1) is 0 Å². The van der Waals surface area contributed by atoms with Crippen molar-refractivity contribution in [3.05, 3.63) is 57.2 Å². The summed E-state index contributed by atoms with van der Waals surface area (Å²) in [6, 6.07) is 5.27. The van der Waals surface area contributed by atoms with Crippen LogP contribution in [0.1, 0.15) is 0 Å². The molecule has 0 unspecified atom stereocenters. The average molecular weight is 287 g/mol. The van der Waals surface area contributed by atoms with Gasteiger partial charge >= 0.3 is 0 Å². The highest BCUT2D eigenvalue weighted by atomic mass is 35.5. The fourth-order valence-electron chi connectivity index (χ4n) is 1.29. The van der Waals surface area contributed by atoms with E-state index in [1.807, 2.05) is 0 Å². The van der Waals surface area contributed by atoms with Crippen molar-refractivity contribution in [2.24, 2.45) is 0 Å². The van der Waals surface area contributed by atoms with Gasteiger partial charge in [0.2, 0.25) is 11.7 Å². The first kappa shape index (κ1) is 13.2. The minimum absolute atomic E-state index is 0.194. The molecule has 0 aliphatic rings. The molecule has 0 spiro atoms. The zero-order chi connectivity index (χ0) is 14.0. The van der Waals surface area contributed by atoms with E-state index in [4.69, 9.17) is 16.3 Å². The molecule has 19 heavy (non-hydrogen) atoms. The first-order chi connectivity index (χ1) is 8.97. The van der Waals surface area contributed by atoms with E-state index in [2.05, 4.69) is 4.98 Å². The van der Waals surface area contributed by atoms with Crippen molar-refractivity contribution in [3.8, 4) is 11.6 Å². The molecule has 1 heterocycles. The van der Waals surface area contributed by atoms with Crippen molar-refractivity contribution in [1.29, 1.82) is 0 Å². The van der Waals surface area contributed by atoms with Crippen LogP contribution in [0.5, 0.6) is 11.6 Å². The molecule has 0 fully saturated rings. The second-order valence-electron chi connectivity index (χ2n) is 3.40. The van der Waals surface area contributed by atoms with Crippen molar-refractivity contribution in [2.75, 3.05) is 0 Å². The van der Waals surface area contributed by atoms with Crippen LogP contribution in [0, 0.1) is 21.7 Å². The first-order valence-corrected chi connectivity index (χ1v) is 5.29. The van der Waals surface area contributed by atoms with Gasteiger partial charge in [-0.1, -0.05) is 17.7 Å². The zero-order valence-corrected chi connectivity index (χ0v) is 9.90. The van der Waals surface area contributed by atoms with Crippen LogP contribution in [0.25, 0.3) is 0 Å². The number of aromatic nitrogens is 1. The number of benzene rings is 1. The van der Waals surface area contributed by atoms with Gasteiger partial charge in [-0.25, -0.2) is 9.37 Å². The molecule has 5 nitrogen and oxygen atoms in total. The van der Waals surface area contributed by atoms with E-state index >= 15 is 0 Å². The zero-order valence-electron chi connectivity index (χ0n) is 9.14. The van der Waals surface area contributed by atoms with Crippen LogP contribution >= 0.6 is 11.6 Å². The molecule has 0 aliphatic heterocycles. The van der Waals surface area contributed by atoms with Gasteiger partial charge in [-0.3, -0.25) is 10.1 Å². The first-order valence-electron chi connectivity index (χ1n) is 4.91. The number of nitrogens with zero attached hydrogens (tertiary/aromatic N) is 2. The minimum Gasteiger partial charge on any atom is -0.436 e. The Morgan fingerprint density at radius 1 is 1.32 bits per heavy atom.